The first-order valence-electron chi connectivity index (χ1n) is 8.16. The maximum atomic E-state index is 12.7. The van der Waals surface area contributed by atoms with Crippen LogP contribution >= 0.6 is 0 Å². The van der Waals surface area contributed by atoms with Crippen molar-refractivity contribution in [3.8, 4) is 0 Å². The minimum Gasteiger partial charge on any atom is -0.342 e. The number of nitrogens with zero attached hydrogens (tertiary/aromatic N) is 1. The van der Waals surface area contributed by atoms with Gasteiger partial charge in [-0.05, 0) is 38.1 Å². The number of hydrogen-bond acceptors (Lipinski definition) is 2. The predicted octanol–water partition coefficient (Wildman–Crippen LogP) is 3.04. The van der Waals surface area contributed by atoms with Gasteiger partial charge in [-0.2, -0.15) is 0 Å². The summed E-state index contributed by atoms with van der Waals surface area (Å²) in [5.41, 5.74) is 5.86. The van der Waals surface area contributed by atoms with Gasteiger partial charge in [0.25, 0.3) is 0 Å². The second-order valence-electron chi connectivity index (χ2n) is 5.95. The van der Waals surface area contributed by atoms with Crippen molar-refractivity contribution in [1.82, 2.24) is 4.90 Å². The highest BCUT2D eigenvalue weighted by atomic mass is 16.2. The third-order valence-corrected chi connectivity index (χ3v) is 4.86. The van der Waals surface area contributed by atoms with Crippen molar-refractivity contribution in [1.29, 1.82) is 0 Å². The molecule has 1 rings (SSSR count). The van der Waals surface area contributed by atoms with Crippen LogP contribution in [0.25, 0.3) is 0 Å². The molecule has 2 unspecified atom stereocenters. The van der Waals surface area contributed by atoms with Crippen LogP contribution in [0.4, 0.5) is 0 Å². The Morgan fingerprint density at radius 2 is 1.84 bits per heavy atom. The maximum Gasteiger partial charge on any atom is 0.226 e. The van der Waals surface area contributed by atoms with Gasteiger partial charge < -0.3 is 10.6 Å². The Morgan fingerprint density at radius 3 is 2.37 bits per heavy atom. The van der Waals surface area contributed by atoms with Crippen LogP contribution in [0.2, 0.25) is 0 Å². The van der Waals surface area contributed by atoms with E-state index in [0.717, 1.165) is 38.8 Å². The summed E-state index contributed by atoms with van der Waals surface area (Å²) in [5, 5.41) is 0. The normalized spacial score (nSPS) is 23.6. The molecule has 2 N–H and O–H groups in total. The minimum absolute atomic E-state index is 0.188. The van der Waals surface area contributed by atoms with Crippen LogP contribution in [-0.4, -0.2) is 30.4 Å². The summed E-state index contributed by atoms with van der Waals surface area (Å²) in [6.45, 7) is 8.96. The predicted molar refractivity (Wildman–Crippen MR) is 80.8 cm³/mol. The lowest BCUT2D eigenvalue weighted by molar-refractivity contribution is -0.139. The molecular formula is C16H32N2O. The topological polar surface area (TPSA) is 46.3 Å². The number of carbonyl (C=O) groups is 1. The average molecular weight is 268 g/mol. The zero-order valence-electron chi connectivity index (χ0n) is 13.0. The van der Waals surface area contributed by atoms with Gasteiger partial charge in [-0.1, -0.05) is 39.5 Å². The molecule has 1 fully saturated rings. The fourth-order valence-electron chi connectivity index (χ4n) is 3.28. The molecule has 0 bridgehead atoms. The lowest BCUT2D eigenvalue weighted by Crippen LogP contribution is -2.44. The Bertz CT molecular complexity index is 263. The molecule has 3 nitrogen and oxygen atoms in total. The number of amides is 1. The Hall–Kier alpha value is -0.570. The quantitative estimate of drug-likeness (QED) is 0.771. The van der Waals surface area contributed by atoms with Crippen LogP contribution in [0.5, 0.6) is 0 Å². The second kappa shape index (κ2) is 8.57. The van der Waals surface area contributed by atoms with Crippen molar-refractivity contribution < 1.29 is 4.79 Å². The number of rotatable bonds is 7. The van der Waals surface area contributed by atoms with Crippen LogP contribution < -0.4 is 5.73 Å². The number of hydrogen-bond donors (Lipinski definition) is 1. The van der Waals surface area contributed by atoms with Crippen LogP contribution in [0.15, 0.2) is 0 Å². The van der Waals surface area contributed by atoms with Crippen molar-refractivity contribution in [3.63, 3.8) is 0 Å². The van der Waals surface area contributed by atoms with Gasteiger partial charge in [0, 0.05) is 19.0 Å². The average Bonchev–Trinajstić information content (AvgIpc) is 2.48. The molecule has 0 spiro atoms. The van der Waals surface area contributed by atoms with E-state index in [-0.39, 0.29) is 5.92 Å². The molecule has 1 amide bonds. The Kier molecular flexibility index (Phi) is 7.44. The van der Waals surface area contributed by atoms with Crippen LogP contribution in [-0.2, 0) is 4.79 Å². The lowest BCUT2D eigenvalue weighted by Gasteiger charge is -2.35. The van der Waals surface area contributed by atoms with Gasteiger partial charge in [0.15, 0.2) is 0 Å². The zero-order chi connectivity index (χ0) is 14.3. The summed E-state index contributed by atoms with van der Waals surface area (Å²) in [4.78, 5) is 14.8. The molecule has 3 heteroatoms. The summed E-state index contributed by atoms with van der Waals surface area (Å²) in [7, 11) is 0. The van der Waals surface area contributed by atoms with Crippen molar-refractivity contribution >= 4 is 5.91 Å². The van der Waals surface area contributed by atoms with Crippen molar-refractivity contribution in [3.05, 3.63) is 0 Å². The van der Waals surface area contributed by atoms with E-state index in [9.17, 15) is 4.79 Å². The molecule has 0 aromatic heterocycles. The van der Waals surface area contributed by atoms with Gasteiger partial charge >= 0.3 is 0 Å². The van der Waals surface area contributed by atoms with Crippen molar-refractivity contribution in [2.75, 3.05) is 19.6 Å². The highest BCUT2D eigenvalue weighted by molar-refractivity contribution is 5.79. The van der Waals surface area contributed by atoms with E-state index in [0.29, 0.717) is 24.3 Å². The maximum absolute atomic E-state index is 12.7. The van der Waals surface area contributed by atoms with Crippen LogP contribution in [0.3, 0.4) is 0 Å². The van der Waals surface area contributed by atoms with Crippen molar-refractivity contribution in [2.45, 2.75) is 59.3 Å². The SMILES string of the molecule is CCC(CC)CN(CC)C(=O)C1CCCCC1CN. The zero-order valence-corrected chi connectivity index (χ0v) is 13.0. The number of nitrogens with two attached hydrogens (primary N) is 1. The molecule has 0 aliphatic heterocycles. The number of carbonyl (C=O) groups excluding carboxylic acids is 1. The molecule has 1 aliphatic rings. The molecule has 2 atom stereocenters. The molecule has 112 valence electrons. The van der Waals surface area contributed by atoms with Gasteiger partial charge in [0.2, 0.25) is 5.91 Å². The van der Waals surface area contributed by atoms with Gasteiger partial charge in [-0.15, -0.1) is 0 Å². The molecular weight excluding hydrogens is 236 g/mol. The standard InChI is InChI=1S/C16H32N2O/c1-4-13(5-2)12-18(6-3)16(19)15-10-8-7-9-14(15)11-17/h13-15H,4-12,17H2,1-3H3. The Morgan fingerprint density at radius 1 is 1.21 bits per heavy atom. The van der Waals surface area contributed by atoms with E-state index in [4.69, 9.17) is 5.73 Å². The fourth-order valence-corrected chi connectivity index (χ4v) is 3.28. The molecule has 0 heterocycles. The third-order valence-electron chi connectivity index (χ3n) is 4.86. The van der Waals surface area contributed by atoms with E-state index >= 15 is 0 Å². The van der Waals surface area contributed by atoms with Gasteiger partial charge in [0.1, 0.15) is 0 Å². The first kappa shape index (κ1) is 16.5. The monoisotopic (exact) mass is 268 g/mol. The Labute approximate surface area is 118 Å². The first-order chi connectivity index (χ1) is 9.17. The minimum atomic E-state index is 0.188. The largest absolute Gasteiger partial charge is 0.342 e. The first-order valence-corrected chi connectivity index (χ1v) is 8.16. The summed E-state index contributed by atoms with van der Waals surface area (Å²) in [6, 6.07) is 0. The highest BCUT2D eigenvalue weighted by Gasteiger charge is 2.32. The molecule has 19 heavy (non-hydrogen) atoms. The molecule has 1 aliphatic carbocycles. The third kappa shape index (κ3) is 4.48. The molecule has 1 saturated carbocycles. The molecule has 0 radical (unpaired) electrons. The van der Waals surface area contributed by atoms with Gasteiger partial charge in [0.05, 0.1) is 0 Å². The summed E-state index contributed by atoms with van der Waals surface area (Å²) >= 11 is 0. The second-order valence-corrected chi connectivity index (χ2v) is 5.95. The van der Waals surface area contributed by atoms with E-state index in [1.165, 1.54) is 12.8 Å². The smallest absolute Gasteiger partial charge is 0.226 e. The van der Waals surface area contributed by atoms with E-state index < -0.39 is 0 Å². The summed E-state index contributed by atoms with van der Waals surface area (Å²) in [6.07, 6.45) is 6.92. The lowest BCUT2D eigenvalue weighted by atomic mass is 9.78. The molecule has 0 saturated heterocycles. The van der Waals surface area contributed by atoms with Crippen LogP contribution in [0, 0.1) is 17.8 Å². The van der Waals surface area contributed by atoms with E-state index in [1.54, 1.807) is 0 Å². The van der Waals surface area contributed by atoms with Gasteiger partial charge in [-0.3, -0.25) is 4.79 Å². The van der Waals surface area contributed by atoms with Gasteiger partial charge in [-0.25, -0.2) is 0 Å². The van der Waals surface area contributed by atoms with Crippen LogP contribution in [0.1, 0.15) is 59.3 Å². The fraction of sp³-hybridized carbons (Fsp3) is 0.938. The Balaban J connectivity index is 2.65. The highest BCUT2D eigenvalue weighted by Crippen LogP contribution is 2.31. The van der Waals surface area contributed by atoms with Crippen molar-refractivity contribution in [2.24, 2.45) is 23.5 Å². The van der Waals surface area contributed by atoms with E-state index in [2.05, 4.69) is 25.7 Å². The molecule has 0 aromatic rings. The summed E-state index contributed by atoms with van der Waals surface area (Å²) in [5.74, 6) is 1.61. The summed E-state index contributed by atoms with van der Waals surface area (Å²) < 4.78 is 0. The molecule has 0 aromatic carbocycles. The van der Waals surface area contributed by atoms with E-state index in [1.807, 2.05) is 0 Å².